The van der Waals surface area contributed by atoms with E-state index in [1.165, 1.54) is 0 Å². The molecule has 150 valence electrons. The Morgan fingerprint density at radius 3 is 2.54 bits per heavy atom. The van der Waals surface area contributed by atoms with Crippen molar-refractivity contribution in [2.24, 2.45) is 5.73 Å². The van der Waals surface area contributed by atoms with E-state index in [0.29, 0.717) is 16.3 Å². The van der Waals surface area contributed by atoms with Gasteiger partial charge in [0.2, 0.25) is 0 Å². The molecule has 2 amide bonds. The molecule has 2 aromatic rings. The van der Waals surface area contributed by atoms with Crippen LogP contribution in [0.2, 0.25) is 5.02 Å². The van der Waals surface area contributed by atoms with Gasteiger partial charge in [-0.25, -0.2) is 4.79 Å². The molecule has 0 fully saturated rings. The molecule has 0 bridgehead atoms. The summed E-state index contributed by atoms with van der Waals surface area (Å²) in [6.07, 6.45) is -0.866. The number of nitrogens with one attached hydrogen (secondary N) is 1. The van der Waals surface area contributed by atoms with Crippen LogP contribution in [0.5, 0.6) is 5.75 Å². The van der Waals surface area contributed by atoms with Crippen molar-refractivity contribution in [2.75, 3.05) is 11.9 Å². The maximum absolute atomic E-state index is 12.6. The number of aryl methyl sites for hydroxylation is 1. The number of ether oxygens (including phenoxy) is 2. The van der Waals surface area contributed by atoms with Gasteiger partial charge in [-0.2, -0.15) is 0 Å². The molecular weight excluding hydrogens is 404 g/mol. The molecule has 0 aliphatic rings. The van der Waals surface area contributed by atoms with Gasteiger partial charge in [-0.05, 0) is 57.0 Å². The van der Waals surface area contributed by atoms with Gasteiger partial charge in [-0.15, -0.1) is 11.3 Å². The zero-order valence-electron chi connectivity index (χ0n) is 15.9. The number of anilines is 1. The molecule has 9 heteroatoms. The number of carbonyl (C=O) groups excluding carboxylic acids is 3. The van der Waals surface area contributed by atoms with Crippen molar-refractivity contribution in [1.82, 2.24) is 0 Å². The van der Waals surface area contributed by atoms with Crippen molar-refractivity contribution in [2.45, 2.75) is 33.8 Å². The van der Waals surface area contributed by atoms with Gasteiger partial charge in [0, 0.05) is 5.02 Å². The van der Waals surface area contributed by atoms with Crippen LogP contribution in [-0.2, 0) is 9.53 Å². The Kier molecular flexibility index (Phi) is 7.04. The fourth-order valence-electron chi connectivity index (χ4n) is 2.49. The van der Waals surface area contributed by atoms with Crippen molar-refractivity contribution in [3.05, 3.63) is 44.8 Å². The Morgan fingerprint density at radius 1 is 1.29 bits per heavy atom. The fourth-order valence-corrected chi connectivity index (χ4v) is 3.76. The van der Waals surface area contributed by atoms with Crippen LogP contribution in [0.3, 0.4) is 0 Å². The van der Waals surface area contributed by atoms with E-state index in [-0.39, 0.29) is 22.0 Å². The third-order valence-electron chi connectivity index (χ3n) is 3.90. The number of benzene rings is 1. The van der Waals surface area contributed by atoms with E-state index in [9.17, 15) is 14.4 Å². The molecule has 3 N–H and O–H groups in total. The van der Waals surface area contributed by atoms with Crippen LogP contribution in [0.1, 0.15) is 45.0 Å². The lowest BCUT2D eigenvalue weighted by molar-refractivity contribution is -0.122. The highest BCUT2D eigenvalue weighted by atomic mass is 35.5. The highest BCUT2D eigenvalue weighted by Gasteiger charge is 2.27. The summed E-state index contributed by atoms with van der Waals surface area (Å²) >= 11 is 6.85. The van der Waals surface area contributed by atoms with E-state index in [4.69, 9.17) is 26.8 Å². The Labute approximate surface area is 171 Å². The van der Waals surface area contributed by atoms with Crippen molar-refractivity contribution < 1.29 is 23.9 Å². The average molecular weight is 425 g/mol. The fraction of sp³-hybridized carbons (Fsp3) is 0.316. The molecule has 28 heavy (non-hydrogen) atoms. The number of amides is 2. The minimum atomic E-state index is -0.866. The summed E-state index contributed by atoms with van der Waals surface area (Å²) in [4.78, 5) is 36.7. The largest absolute Gasteiger partial charge is 0.481 e. The van der Waals surface area contributed by atoms with E-state index in [0.717, 1.165) is 16.9 Å². The number of carbonyl (C=O) groups is 3. The van der Waals surface area contributed by atoms with Gasteiger partial charge in [-0.1, -0.05) is 11.6 Å². The Bertz CT molecular complexity index is 925. The van der Waals surface area contributed by atoms with Crippen LogP contribution < -0.4 is 15.8 Å². The van der Waals surface area contributed by atoms with Crippen LogP contribution in [0.25, 0.3) is 0 Å². The third kappa shape index (κ3) is 4.82. The van der Waals surface area contributed by atoms with E-state index < -0.39 is 23.9 Å². The van der Waals surface area contributed by atoms with E-state index >= 15 is 0 Å². The minimum absolute atomic E-state index is 0.115. The van der Waals surface area contributed by atoms with Crippen molar-refractivity contribution in [1.29, 1.82) is 0 Å². The monoisotopic (exact) mass is 424 g/mol. The average Bonchev–Trinajstić information content (AvgIpc) is 2.93. The number of halogens is 1. The molecule has 0 aliphatic carbocycles. The highest BCUT2D eigenvalue weighted by Crippen LogP contribution is 2.34. The lowest BCUT2D eigenvalue weighted by Crippen LogP contribution is -2.30. The number of nitrogens with two attached hydrogens (primary N) is 1. The molecule has 1 aromatic carbocycles. The summed E-state index contributed by atoms with van der Waals surface area (Å²) in [6.45, 7) is 6.78. The Morgan fingerprint density at radius 2 is 1.96 bits per heavy atom. The summed E-state index contributed by atoms with van der Waals surface area (Å²) < 4.78 is 10.7. The van der Waals surface area contributed by atoms with Gasteiger partial charge in [0.15, 0.2) is 6.10 Å². The maximum atomic E-state index is 12.6. The van der Waals surface area contributed by atoms with Crippen molar-refractivity contribution in [3.8, 4) is 5.75 Å². The third-order valence-corrected chi connectivity index (χ3v) is 5.35. The molecule has 1 atom stereocenters. The molecule has 0 radical (unpaired) electrons. The normalized spacial score (nSPS) is 11.6. The van der Waals surface area contributed by atoms with Crippen LogP contribution in [-0.4, -0.2) is 30.5 Å². The van der Waals surface area contributed by atoms with E-state index in [2.05, 4.69) is 5.32 Å². The first kappa shape index (κ1) is 21.7. The van der Waals surface area contributed by atoms with Crippen LogP contribution in [0, 0.1) is 13.8 Å². The topological polar surface area (TPSA) is 108 Å². The molecule has 0 aliphatic heterocycles. The van der Waals surface area contributed by atoms with Gasteiger partial charge >= 0.3 is 5.97 Å². The molecule has 0 unspecified atom stereocenters. The predicted molar refractivity (Wildman–Crippen MR) is 108 cm³/mol. The molecule has 7 nitrogen and oxygen atoms in total. The standard InChI is InChI=1S/C19H21ClN2O5S/c1-5-26-19(25)14-10(3)15(16(21)23)28-18(14)22-17(24)11(4)27-13-7-6-12(20)8-9(13)2/h6-8,11H,5H2,1-4H3,(H2,21,23)(H,22,24)/t11-/m0/s1. The SMILES string of the molecule is CCOC(=O)c1c(NC(=O)[C@H](C)Oc2ccc(Cl)cc2C)sc(C(N)=O)c1C. The number of esters is 1. The van der Waals surface area contributed by atoms with E-state index in [1.54, 1.807) is 39.0 Å². The highest BCUT2D eigenvalue weighted by molar-refractivity contribution is 7.18. The quantitative estimate of drug-likeness (QED) is 0.659. The number of thiophene rings is 1. The second-order valence-corrected chi connectivity index (χ2v) is 7.46. The summed E-state index contributed by atoms with van der Waals surface area (Å²) in [5.41, 5.74) is 6.63. The first-order chi connectivity index (χ1) is 13.1. The smallest absolute Gasteiger partial charge is 0.341 e. The summed E-state index contributed by atoms with van der Waals surface area (Å²) in [5.74, 6) is -1.30. The first-order valence-corrected chi connectivity index (χ1v) is 9.69. The van der Waals surface area contributed by atoms with Crippen LogP contribution in [0.15, 0.2) is 18.2 Å². The molecule has 0 spiro atoms. The van der Waals surface area contributed by atoms with Gasteiger partial charge in [0.1, 0.15) is 10.8 Å². The van der Waals surface area contributed by atoms with Crippen molar-refractivity contribution in [3.63, 3.8) is 0 Å². The lowest BCUT2D eigenvalue weighted by Gasteiger charge is -2.16. The van der Waals surface area contributed by atoms with Gasteiger partial charge in [0.05, 0.1) is 17.0 Å². The number of primary amides is 1. The van der Waals surface area contributed by atoms with Gasteiger partial charge in [0.25, 0.3) is 11.8 Å². The van der Waals surface area contributed by atoms with Crippen LogP contribution in [0.4, 0.5) is 5.00 Å². The minimum Gasteiger partial charge on any atom is -0.481 e. The molecule has 0 saturated carbocycles. The van der Waals surface area contributed by atoms with Gasteiger partial charge < -0.3 is 20.5 Å². The summed E-state index contributed by atoms with van der Waals surface area (Å²) in [6, 6.07) is 5.06. The molecule has 1 heterocycles. The molecule has 0 saturated heterocycles. The summed E-state index contributed by atoms with van der Waals surface area (Å²) in [7, 11) is 0. The Balaban J connectivity index is 2.25. The molecule has 1 aromatic heterocycles. The maximum Gasteiger partial charge on any atom is 0.341 e. The second-order valence-electron chi connectivity index (χ2n) is 6.00. The second kappa shape index (κ2) is 9.07. The molecule has 2 rings (SSSR count). The predicted octanol–water partition coefficient (Wildman–Crippen LogP) is 3.70. The first-order valence-electron chi connectivity index (χ1n) is 8.49. The number of hydrogen-bond donors (Lipinski definition) is 2. The summed E-state index contributed by atoms with van der Waals surface area (Å²) in [5, 5.41) is 3.39. The zero-order chi connectivity index (χ0) is 21.0. The Hall–Kier alpha value is -2.58. The zero-order valence-corrected chi connectivity index (χ0v) is 17.5. The molecular formula is C19H21ClN2O5S. The van der Waals surface area contributed by atoms with Gasteiger partial charge in [-0.3, -0.25) is 9.59 Å². The van der Waals surface area contributed by atoms with Crippen LogP contribution >= 0.6 is 22.9 Å². The van der Waals surface area contributed by atoms with E-state index in [1.807, 2.05) is 6.92 Å². The van der Waals surface area contributed by atoms with Crippen molar-refractivity contribution >= 4 is 45.7 Å². The lowest BCUT2D eigenvalue weighted by atomic mass is 10.1. The number of rotatable bonds is 7. The number of hydrogen-bond acceptors (Lipinski definition) is 6.